The Hall–Kier alpha value is -1.95. The lowest BCUT2D eigenvalue weighted by Gasteiger charge is -2.60. The molecule has 6 nitrogen and oxygen atoms in total. The summed E-state index contributed by atoms with van der Waals surface area (Å²) in [5, 5.41) is 14.2. The van der Waals surface area contributed by atoms with Gasteiger partial charge in [0.05, 0.1) is 23.8 Å². The molecule has 1 aliphatic heterocycles. The molecular weight excluding hydrogens is 342 g/mol. The number of rotatable bonds is 4. The largest absolute Gasteiger partial charge is 0.390 e. The molecule has 27 heavy (non-hydrogen) atoms. The van der Waals surface area contributed by atoms with Crippen molar-refractivity contribution in [3.8, 4) is 0 Å². The molecule has 1 saturated heterocycles. The number of hydrogen-bond acceptors (Lipinski definition) is 4. The Balaban J connectivity index is 1.25. The number of likely N-dealkylation sites (tertiary alicyclic amines) is 1. The summed E-state index contributed by atoms with van der Waals surface area (Å²) < 4.78 is 0. The highest BCUT2D eigenvalue weighted by Crippen LogP contribution is 2.57. The van der Waals surface area contributed by atoms with Gasteiger partial charge in [-0.15, -0.1) is 0 Å². The molecule has 5 aliphatic rings. The molecule has 3 atom stereocenters. The van der Waals surface area contributed by atoms with Crippen LogP contribution in [0.1, 0.15) is 50.6 Å². The van der Waals surface area contributed by atoms with Gasteiger partial charge in [0.2, 0.25) is 11.8 Å². The number of hydrogen-bond donors (Lipinski definition) is 2. The van der Waals surface area contributed by atoms with Crippen molar-refractivity contribution in [1.29, 1.82) is 0 Å². The molecule has 1 aromatic rings. The van der Waals surface area contributed by atoms with E-state index in [0.717, 1.165) is 31.4 Å². The van der Waals surface area contributed by atoms with Gasteiger partial charge in [-0.1, -0.05) is 6.07 Å². The molecule has 144 valence electrons. The molecule has 1 aromatic heterocycles. The Morgan fingerprint density at radius 3 is 2.70 bits per heavy atom. The number of aromatic nitrogens is 1. The Labute approximate surface area is 159 Å². The van der Waals surface area contributed by atoms with Crippen LogP contribution in [0.2, 0.25) is 0 Å². The fourth-order valence-corrected chi connectivity index (χ4v) is 6.51. The first-order valence-electron chi connectivity index (χ1n) is 10.1. The molecule has 0 radical (unpaired) electrons. The van der Waals surface area contributed by atoms with E-state index in [0.29, 0.717) is 31.3 Å². The molecule has 2 N–H and O–H groups in total. The van der Waals surface area contributed by atoms with Crippen molar-refractivity contribution >= 4 is 11.8 Å². The van der Waals surface area contributed by atoms with Crippen molar-refractivity contribution < 1.29 is 14.7 Å². The Kier molecular flexibility index (Phi) is 3.83. The van der Waals surface area contributed by atoms with Crippen LogP contribution in [0.15, 0.2) is 24.4 Å². The van der Waals surface area contributed by atoms with Gasteiger partial charge in [-0.2, -0.15) is 0 Å². The molecule has 5 fully saturated rings. The summed E-state index contributed by atoms with van der Waals surface area (Å²) in [6, 6.07) is 5.66. The van der Waals surface area contributed by atoms with Crippen LogP contribution in [-0.2, 0) is 16.1 Å². The normalized spacial score (nSPS) is 39.8. The zero-order valence-corrected chi connectivity index (χ0v) is 15.6. The predicted molar refractivity (Wildman–Crippen MR) is 98.3 cm³/mol. The van der Waals surface area contributed by atoms with E-state index in [1.165, 1.54) is 6.42 Å². The monoisotopic (exact) mass is 369 g/mol. The third-order valence-corrected chi connectivity index (χ3v) is 7.08. The van der Waals surface area contributed by atoms with Crippen molar-refractivity contribution in [3.05, 3.63) is 30.1 Å². The fourth-order valence-electron chi connectivity index (χ4n) is 6.51. The lowest BCUT2D eigenvalue weighted by molar-refractivity contribution is -0.152. The molecule has 0 spiro atoms. The number of pyridine rings is 1. The molecule has 4 saturated carbocycles. The van der Waals surface area contributed by atoms with Crippen LogP contribution in [0.4, 0.5) is 0 Å². The average Bonchev–Trinajstić information content (AvgIpc) is 2.94. The van der Waals surface area contributed by atoms with Gasteiger partial charge < -0.3 is 15.3 Å². The SMILES string of the molecule is O=C(NC12CC3CC(CC(O)(C3)C1)C2)C1CC(=O)N(Cc2ccccn2)C1. The summed E-state index contributed by atoms with van der Waals surface area (Å²) in [6.45, 7) is 0.910. The highest BCUT2D eigenvalue weighted by atomic mass is 16.3. The van der Waals surface area contributed by atoms with Crippen LogP contribution in [0.5, 0.6) is 0 Å². The molecule has 6 rings (SSSR count). The van der Waals surface area contributed by atoms with Gasteiger partial charge in [-0.25, -0.2) is 0 Å². The van der Waals surface area contributed by atoms with Crippen molar-refractivity contribution in [1.82, 2.24) is 15.2 Å². The smallest absolute Gasteiger partial charge is 0.225 e. The lowest BCUT2D eigenvalue weighted by Crippen LogP contribution is -2.66. The zero-order chi connectivity index (χ0) is 18.6. The van der Waals surface area contributed by atoms with E-state index in [2.05, 4.69) is 10.3 Å². The second-order valence-electron chi connectivity index (χ2n) is 9.45. The van der Waals surface area contributed by atoms with Gasteiger partial charge in [0.15, 0.2) is 0 Å². The Bertz CT molecular complexity index is 751. The highest BCUT2D eigenvalue weighted by Gasteiger charge is 2.58. The Morgan fingerprint density at radius 1 is 1.26 bits per heavy atom. The van der Waals surface area contributed by atoms with Gasteiger partial charge in [0, 0.05) is 24.7 Å². The van der Waals surface area contributed by atoms with E-state index in [-0.39, 0.29) is 29.7 Å². The minimum absolute atomic E-state index is 0.0163. The first kappa shape index (κ1) is 17.2. The molecule has 4 aliphatic carbocycles. The summed E-state index contributed by atoms with van der Waals surface area (Å²) in [7, 11) is 0. The van der Waals surface area contributed by atoms with E-state index in [1.807, 2.05) is 18.2 Å². The van der Waals surface area contributed by atoms with E-state index in [1.54, 1.807) is 11.1 Å². The van der Waals surface area contributed by atoms with E-state index < -0.39 is 5.60 Å². The third-order valence-electron chi connectivity index (χ3n) is 7.08. The van der Waals surface area contributed by atoms with Gasteiger partial charge in [0.1, 0.15) is 0 Å². The third kappa shape index (κ3) is 3.14. The van der Waals surface area contributed by atoms with Crippen molar-refractivity contribution in [2.45, 2.75) is 62.6 Å². The second-order valence-corrected chi connectivity index (χ2v) is 9.45. The standard InChI is InChI=1S/C21H27N3O3/c25-18-6-16(11-24(18)12-17-3-1-2-4-22-17)19(26)23-20-7-14-5-15(8-20)10-21(27,9-14)13-20/h1-4,14-16,27H,5-13H2,(H,23,26). The number of nitrogens with zero attached hydrogens (tertiary/aromatic N) is 2. The number of aliphatic hydroxyl groups is 1. The molecule has 2 heterocycles. The number of carbonyl (C=O) groups excluding carboxylic acids is 2. The molecule has 3 unspecified atom stereocenters. The van der Waals surface area contributed by atoms with Crippen LogP contribution in [-0.4, -0.2) is 44.5 Å². The maximum atomic E-state index is 13.0. The van der Waals surface area contributed by atoms with E-state index in [4.69, 9.17) is 0 Å². The maximum absolute atomic E-state index is 13.0. The topological polar surface area (TPSA) is 82.5 Å². The summed E-state index contributed by atoms with van der Waals surface area (Å²) >= 11 is 0. The van der Waals surface area contributed by atoms with Gasteiger partial charge >= 0.3 is 0 Å². The van der Waals surface area contributed by atoms with Crippen molar-refractivity contribution in [3.63, 3.8) is 0 Å². The molecular formula is C21H27N3O3. The summed E-state index contributed by atoms with van der Waals surface area (Å²) in [6.07, 6.45) is 7.61. The van der Waals surface area contributed by atoms with Crippen LogP contribution in [0.25, 0.3) is 0 Å². The highest BCUT2D eigenvalue weighted by molar-refractivity contribution is 5.89. The first-order valence-corrected chi connectivity index (χ1v) is 10.1. The maximum Gasteiger partial charge on any atom is 0.225 e. The second kappa shape index (κ2) is 6.03. The average molecular weight is 369 g/mol. The summed E-state index contributed by atoms with van der Waals surface area (Å²) in [5.74, 6) is 0.760. The quantitative estimate of drug-likeness (QED) is 0.845. The van der Waals surface area contributed by atoms with Crippen LogP contribution in [0.3, 0.4) is 0 Å². The summed E-state index contributed by atoms with van der Waals surface area (Å²) in [5.41, 5.74) is -0.00320. The predicted octanol–water partition coefficient (Wildman–Crippen LogP) is 1.63. The first-order chi connectivity index (χ1) is 12.9. The number of carbonyl (C=O) groups is 2. The van der Waals surface area contributed by atoms with Crippen LogP contribution >= 0.6 is 0 Å². The number of amides is 2. The fraction of sp³-hybridized carbons (Fsp3) is 0.667. The molecule has 4 bridgehead atoms. The molecule has 0 aromatic carbocycles. The zero-order valence-electron chi connectivity index (χ0n) is 15.6. The lowest BCUT2D eigenvalue weighted by atomic mass is 9.51. The molecule has 6 heteroatoms. The molecule has 2 amide bonds. The van der Waals surface area contributed by atoms with Gasteiger partial charge in [-0.05, 0) is 62.5 Å². The van der Waals surface area contributed by atoms with Crippen molar-refractivity contribution in [2.75, 3.05) is 6.54 Å². The van der Waals surface area contributed by atoms with Crippen LogP contribution < -0.4 is 5.32 Å². The van der Waals surface area contributed by atoms with Crippen molar-refractivity contribution in [2.24, 2.45) is 17.8 Å². The van der Waals surface area contributed by atoms with E-state index >= 15 is 0 Å². The minimum Gasteiger partial charge on any atom is -0.390 e. The number of nitrogens with one attached hydrogen (secondary N) is 1. The summed E-state index contributed by atoms with van der Waals surface area (Å²) in [4.78, 5) is 31.4. The van der Waals surface area contributed by atoms with Gasteiger partial charge in [0.25, 0.3) is 0 Å². The van der Waals surface area contributed by atoms with E-state index in [9.17, 15) is 14.7 Å². The Morgan fingerprint density at radius 2 is 2.04 bits per heavy atom. The minimum atomic E-state index is -0.589. The van der Waals surface area contributed by atoms with Crippen LogP contribution in [0, 0.1) is 17.8 Å². The van der Waals surface area contributed by atoms with Gasteiger partial charge in [-0.3, -0.25) is 14.6 Å².